The van der Waals surface area contributed by atoms with Crippen LogP contribution in [-0.4, -0.2) is 34.0 Å². The number of nitrogens with zero attached hydrogens (tertiary/aromatic N) is 3. The molecule has 2 aromatic carbocycles. The maximum absolute atomic E-state index is 13.1. The van der Waals surface area contributed by atoms with E-state index in [0.717, 1.165) is 4.90 Å². The van der Waals surface area contributed by atoms with E-state index in [1.54, 1.807) is 32.0 Å². The predicted octanol–water partition coefficient (Wildman–Crippen LogP) is 3.83. The molecule has 4 rings (SSSR count). The lowest BCUT2D eigenvalue weighted by atomic mass is 9.94. The van der Waals surface area contributed by atoms with E-state index in [1.807, 2.05) is 0 Å². The van der Waals surface area contributed by atoms with Crippen LogP contribution in [0.4, 0.5) is 11.5 Å². The number of aliphatic hydroxyl groups is 1. The maximum atomic E-state index is 13.1. The second-order valence-corrected chi connectivity index (χ2v) is 7.50. The van der Waals surface area contributed by atoms with Crippen LogP contribution in [0.15, 0.2) is 58.6 Å². The molecule has 0 aliphatic carbocycles. The van der Waals surface area contributed by atoms with Crippen molar-refractivity contribution in [3.8, 4) is 5.75 Å². The molecule has 1 saturated heterocycles. The standard InChI is InChI=1S/C23H19N3O7/c1-12-9-15(7-8-17(12)32-3)21(27)19-20(14-5-4-6-16(11-14)26(30)31)25(23(29)22(19)28)18-10-13(2)33-24-18/h4-11,20,27H,1-3H3/t20-/m1/s1. The van der Waals surface area contributed by atoms with Gasteiger partial charge in [0.25, 0.3) is 11.5 Å². The van der Waals surface area contributed by atoms with Gasteiger partial charge in [-0.15, -0.1) is 0 Å². The smallest absolute Gasteiger partial charge is 0.301 e. The van der Waals surface area contributed by atoms with Gasteiger partial charge in [-0.05, 0) is 43.2 Å². The van der Waals surface area contributed by atoms with Crippen molar-refractivity contribution in [2.75, 3.05) is 12.0 Å². The first-order valence-electron chi connectivity index (χ1n) is 9.86. The van der Waals surface area contributed by atoms with E-state index in [4.69, 9.17) is 9.26 Å². The van der Waals surface area contributed by atoms with E-state index in [9.17, 15) is 24.8 Å². The van der Waals surface area contributed by atoms with Crippen LogP contribution in [0, 0.1) is 24.0 Å². The van der Waals surface area contributed by atoms with Crippen molar-refractivity contribution >= 4 is 29.0 Å². The van der Waals surface area contributed by atoms with Crippen molar-refractivity contribution in [3.63, 3.8) is 0 Å². The summed E-state index contributed by atoms with van der Waals surface area (Å²) in [7, 11) is 1.51. The number of non-ortho nitro benzene ring substituents is 1. The van der Waals surface area contributed by atoms with E-state index < -0.39 is 28.4 Å². The Morgan fingerprint density at radius 1 is 1.18 bits per heavy atom. The minimum Gasteiger partial charge on any atom is -0.507 e. The zero-order valence-corrected chi connectivity index (χ0v) is 17.9. The molecule has 1 aliphatic rings. The number of ketones is 1. The molecular weight excluding hydrogens is 430 g/mol. The summed E-state index contributed by atoms with van der Waals surface area (Å²) < 4.78 is 10.3. The number of rotatable bonds is 5. The number of benzene rings is 2. The minimum atomic E-state index is -1.16. The largest absolute Gasteiger partial charge is 0.507 e. The third-order valence-electron chi connectivity index (χ3n) is 5.37. The maximum Gasteiger partial charge on any atom is 0.301 e. The monoisotopic (exact) mass is 449 g/mol. The number of Topliss-reactive ketones (excluding diaryl/α,β-unsaturated/α-hetero) is 1. The lowest BCUT2D eigenvalue weighted by molar-refractivity contribution is -0.384. The van der Waals surface area contributed by atoms with Crippen LogP contribution in [0.5, 0.6) is 5.75 Å². The quantitative estimate of drug-likeness (QED) is 0.204. The molecule has 1 aromatic heterocycles. The van der Waals surface area contributed by atoms with Crippen molar-refractivity contribution in [2.24, 2.45) is 0 Å². The van der Waals surface area contributed by atoms with Crippen LogP contribution in [0.1, 0.15) is 28.5 Å². The van der Waals surface area contributed by atoms with Crippen molar-refractivity contribution in [3.05, 3.63) is 86.7 Å². The Kier molecular flexibility index (Phi) is 5.42. The predicted molar refractivity (Wildman–Crippen MR) is 117 cm³/mol. The van der Waals surface area contributed by atoms with E-state index in [1.165, 1.54) is 37.4 Å². The summed E-state index contributed by atoms with van der Waals surface area (Å²) in [5, 5.41) is 26.3. The molecule has 0 bridgehead atoms. The van der Waals surface area contributed by atoms with Gasteiger partial charge in [-0.2, -0.15) is 0 Å². The highest BCUT2D eigenvalue weighted by Gasteiger charge is 2.48. The Morgan fingerprint density at radius 2 is 1.94 bits per heavy atom. The normalized spacial score (nSPS) is 17.4. The number of nitro groups is 1. The number of hydrogen-bond donors (Lipinski definition) is 1. The molecule has 1 atom stereocenters. The molecule has 1 aliphatic heterocycles. The number of carbonyl (C=O) groups is 2. The van der Waals surface area contributed by atoms with Crippen LogP contribution in [0.25, 0.3) is 5.76 Å². The summed E-state index contributed by atoms with van der Waals surface area (Å²) in [5.41, 5.74) is 0.809. The number of hydrogen-bond acceptors (Lipinski definition) is 8. The first-order chi connectivity index (χ1) is 15.7. The van der Waals surface area contributed by atoms with Crippen LogP contribution < -0.4 is 9.64 Å². The number of nitro benzene ring substituents is 1. The fourth-order valence-corrected chi connectivity index (χ4v) is 3.84. The molecule has 10 heteroatoms. The summed E-state index contributed by atoms with van der Waals surface area (Å²) in [6, 6.07) is 10.6. The fraction of sp³-hybridized carbons (Fsp3) is 0.174. The van der Waals surface area contributed by atoms with Gasteiger partial charge >= 0.3 is 5.91 Å². The Balaban J connectivity index is 1.96. The average molecular weight is 449 g/mol. The fourth-order valence-electron chi connectivity index (χ4n) is 3.84. The highest BCUT2D eigenvalue weighted by Crippen LogP contribution is 2.42. The highest BCUT2D eigenvalue weighted by molar-refractivity contribution is 6.51. The molecule has 10 nitrogen and oxygen atoms in total. The van der Waals surface area contributed by atoms with Crippen LogP contribution in [0.3, 0.4) is 0 Å². The summed E-state index contributed by atoms with van der Waals surface area (Å²) in [4.78, 5) is 38.0. The lowest BCUT2D eigenvalue weighted by Crippen LogP contribution is -2.29. The number of amides is 1. The van der Waals surface area contributed by atoms with Gasteiger partial charge in [-0.25, -0.2) is 0 Å². The van der Waals surface area contributed by atoms with Crippen LogP contribution >= 0.6 is 0 Å². The Morgan fingerprint density at radius 3 is 2.55 bits per heavy atom. The SMILES string of the molecule is COc1ccc(C(O)=C2C(=O)C(=O)N(c3cc(C)on3)[C@@H]2c2cccc([N+](=O)[O-])c2)cc1C. The lowest BCUT2D eigenvalue weighted by Gasteiger charge is -2.22. The molecule has 168 valence electrons. The van der Waals surface area contributed by atoms with Gasteiger partial charge in [0.2, 0.25) is 0 Å². The summed E-state index contributed by atoms with van der Waals surface area (Å²) in [6.07, 6.45) is 0. The van der Waals surface area contributed by atoms with Gasteiger partial charge in [0.15, 0.2) is 5.82 Å². The third kappa shape index (κ3) is 3.71. The van der Waals surface area contributed by atoms with Crippen LogP contribution in [0.2, 0.25) is 0 Å². The van der Waals surface area contributed by atoms with E-state index in [2.05, 4.69) is 5.16 Å². The topological polar surface area (TPSA) is 136 Å². The molecule has 0 spiro atoms. The van der Waals surface area contributed by atoms with E-state index in [-0.39, 0.29) is 28.2 Å². The molecule has 0 radical (unpaired) electrons. The van der Waals surface area contributed by atoms with Gasteiger partial charge in [-0.1, -0.05) is 17.3 Å². The molecule has 0 unspecified atom stereocenters. The molecule has 1 amide bonds. The molecule has 33 heavy (non-hydrogen) atoms. The van der Waals surface area contributed by atoms with Gasteiger partial charge in [-0.3, -0.25) is 24.6 Å². The zero-order chi connectivity index (χ0) is 23.9. The summed E-state index contributed by atoms with van der Waals surface area (Å²) in [5.74, 6) is -1.27. The first kappa shape index (κ1) is 21.8. The van der Waals surface area contributed by atoms with Crippen LogP contribution in [-0.2, 0) is 9.59 Å². The number of aliphatic hydroxyl groups excluding tert-OH is 1. The molecule has 3 aromatic rings. The molecule has 2 heterocycles. The first-order valence-corrected chi connectivity index (χ1v) is 9.86. The van der Waals surface area contributed by atoms with Crippen molar-refractivity contribution in [2.45, 2.75) is 19.9 Å². The number of aromatic nitrogens is 1. The third-order valence-corrected chi connectivity index (χ3v) is 5.37. The highest BCUT2D eigenvalue weighted by atomic mass is 16.6. The molecule has 0 saturated carbocycles. The van der Waals surface area contributed by atoms with Gasteiger partial charge in [0, 0.05) is 23.8 Å². The van der Waals surface area contributed by atoms with Crippen molar-refractivity contribution in [1.29, 1.82) is 0 Å². The Labute approximate surface area is 187 Å². The number of aryl methyl sites for hydroxylation is 2. The van der Waals surface area contributed by atoms with E-state index in [0.29, 0.717) is 17.1 Å². The van der Waals surface area contributed by atoms with Crippen molar-refractivity contribution < 1.29 is 28.9 Å². The second kappa shape index (κ2) is 8.23. The number of ether oxygens (including phenoxy) is 1. The summed E-state index contributed by atoms with van der Waals surface area (Å²) in [6.45, 7) is 3.39. The molecular formula is C23H19N3O7. The minimum absolute atomic E-state index is 0.0519. The molecule has 1 fully saturated rings. The Hall–Kier alpha value is -4.47. The van der Waals surface area contributed by atoms with E-state index >= 15 is 0 Å². The van der Waals surface area contributed by atoms with Gasteiger partial charge < -0.3 is 14.4 Å². The van der Waals surface area contributed by atoms with Crippen molar-refractivity contribution in [1.82, 2.24) is 5.16 Å². The number of methoxy groups -OCH3 is 1. The molecule has 1 N–H and O–H groups in total. The average Bonchev–Trinajstić information content (AvgIpc) is 3.34. The van der Waals surface area contributed by atoms with Gasteiger partial charge in [0.1, 0.15) is 17.3 Å². The van der Waals surface area contributed by atoms with Gasteiger partial charge in [0.05, 0.1) is 23.6 Å². The second-order valence-electron chi connectivity index (χ2n) is 7.50. The number of anilines is 1. The number of carbonyl (C=O) groups excluding carboxylic acids is 2. The summed E-state index contributed by atoms with van der Waals surface area (Å²) >= 11 is 0. The zero-order valence-electron chi connectivity index (χ0n) is 17.9. The Bertz CT molecular complexity index is 1330.